The number of allylic oxidation sites excluding steroid dienone is 2. The fourth-order valence-corrected chi connectivity index (χ4v) is 5.16. The molecule has 1 rings (SSSR count). The average Bonchev–Trinajstić information content (AvgIpc) is 2.95. The molecule has 1 saturated heterocycles. The second-order valence-corrected chi connectivity index (χ2v) is 11.7. The number of hydrogen-bond donors (Lipinski definition) is 8. The summed E-state index contributed by atoms with van der Waals surface area (Å²) >= 11 is 6.68. The fourth-order valence-electron chi connectivity index (χ4n) is 4.95. The van der Waals surface area contributed by atoms with E-state index in [0.717, 1.165) is 80.0 Å². The molecule has 0 saturated carbocycles. The average molecular weight is 603 g/mol. The SMILES string of the molecule is C=C1CCCNC(=C)C(Cl)NC(=C)C(CCC)NC(=C)C(CCN)NC(=C)C(CC)NC(=C)CNC(=C)C(CCN)C1. The van der Waals surface area contributed by atoms with Crippen LogP contribution in [0.25, 0.3) is 0 Å². The molecular formula is C33H59ClN8. The standard InChI is InChI=1S/C33H59ClN8/c1-10-13-31-27(8)42-33(34)28(9)37-19-12-14-22(3)20-29(15-17-35)24(5)38-21-23(4)39-30(11-2)25(6)40-32(16-18-36)26(7)41-31/h29-33,37-42H,3-21,35-36H2,1-2H3. The van der Waals surface area contributed by atoms with Crippen molar-refractivity contribution in [1.82, 2.24) is 31.9 Å². The van der Waals surface area contributed by atoms with E-state index in [2.05, 4.69) is 91.8 Å². The Balaban J connectivity index is 3.19. The predicted octanol–water partition coefficient (Wildman–Crippen LogP) is 4.54. The molecule has 0 aromatic rings. The van der Waals surface area contributed by atoms with Gasteiger partial charge in [-0.15, -0.1) is 0 Å². The van der Waals surface area contributed by atoms with Gasteiger partial charge in [0.25, 0.3) is 0 Å². The Morgan fingerprint density at radius 3 is 1.90 bits per heavy atom. The molecule has 9 heteroatoms. The Hall–Kier alpha value is -2.81. The molecule has 1 aliphatic heterocycles. The molecule has 0 aromatic carbocycles. The highest BCUT2D eigenvalue weighted by molar-refractivity contribution is 6.22. The van der Waals surface area contributed by atoms with Crippen molar-refractivity contribution in [2.45, 2.75) is 88.8 Å². The number of nitrogens with one attached hydrogen (secondary N) is 6. The summed E-state index contributed by atoms with van der Waals surface area (Å²) in [6.07, 6.45) is 6.80. The second kappa shape index (κ2) is 20.2. The molecule has 8 nitrogen and oxygen atoms in total. The molecule has 1 fully saturated rings. The van der Waals surface area contributed by atoms with E-state index in [1.165, 1.54) is 5.57 Å². The Morgan fingerprint density at radius 2 is 1.31 bits per heavy atom. The lowest BCUT2D eigenvalue weighted by Crippen LogP contribution is -2.47. The van der Waals surface area contributed by atoms with Crippen LogP contribution in [0.2, 0.25) is 0 Å². The van der Waals surface area contributed by atoms with Crippen LogP contribution in [0, 0.1) is 5.92 Å². The monoisotopic (exact) mass is 602 g/mol. The maximum atomic E-state index is 6.68. The van der Waals surface area contributed by atoms with Crippen LogP contribution in [0.3, 0.4) is 0 Å². The largest absolute Gasteiger partial charge is 0.386 e. The lowest BCUT2D eigenvalue weighted by Gasteiger charge is -2.32. The number of hydrogen-bond acceptors (Lipinski definition) is 8. The zero-order valence-corrected chi connectivity index (χ0v) is 27.1. The highest BCUT2D eigenvalue weighted by Crippen LogP contribution is 2.23. The van der Waals surface area contributed by atoms with Crippen molar-refractivity contribution in [2.75, 3.05) is 26.2 Å². The number of halogens is 1. The van der Waals surface area contributed by atoms with Gasteiger partial charge in [0.2, 0.25) is 0 Å². The van der Waals surface area contributed by atoms with Crippen molar-refractivity contribution in [3.63, 3.8) is 0 Å². The van der Waals surface area contributed by atoms with Gasteiger partial charge < -0.3 is 43.4 Å². The van der Waals surface area contributed by atoms with Crippen molar-refractivity contribution >= 4 is 11.6 Å². The van der Waals surface area contributed by atoms with Gasteiger partial charge in [0.05, 0.1) is 24.7 Å². The normalized spacial score (nSPS) is 26.7. The molecule has 0 bridgehead atoms. The minimum atomic E-state index is -0.512. The van der Waals surface area contributed by atoms with Crippen LogP contribution in [0.5, 0.6) is 0 Å². The van der Waals surface area contributed by atoms with Crippen LogP contribution in [-0.4, -0.2) is 49.8 Å². The third kappa shape index (κ3) is 13.4. The van der Waals surface area contributed by atoms with Crippen molar-refractivity contribution in [1.29, 1.82) is 0 Å². The third-order valence-corrected chi connectivity index (χ3v) is 7.92. The predicted molar refractivity (Wildman–Crippen MR) is 183 cm³/mol. The van der Waals surface area contributed by atoms with E-state index in [1.807, 2.05) is 0 Å². The molecule has 42 heavy (non-hydrogen) atoms. The van der Waals surface area contributed by atoms with Gasteiger partial charge in [0.15, 0.2) is 0 Å². The minimum absolute atomic E-state index is 0.0274. The van der Waals surface area contributed by atoms with Crippen LogP contribution in [0.15, 0.2) is 85.8 Å². The molecule has 0 aliphatic carbocycles. The first-order chi connectivity index (χ1) is 20.0. The van der Waals surface area contributed by atoms with E-state index in [9.17, 15) is 0 Å². The van der Waals surface area contributed by atoms with Gasteiger partial charge in [-0.3, -0.25) is 0 Å². The number of alkyl halides is 1. The van der Waals surface area contributed by atoms with E-state index in [4.69, 9.17) is 23.1 Å². The van der Waals surface area contributed by atoms with Crippen LogP contribution < -0.4 is 43.4 Å². The van der Waals surface area contributed by atoms with Gasteiger partial charge in [0, 0.05) is 46.6 Å². The van der Waals surface area contributed by atoms with Gasteiger partial charge in [-0.1, -0.05) is 83.5 Å². The first-order valence-electron chi connectivity index (χ1n) is 15.3. The van der Waals surface area contributed by atoms with Crippen LogP contribution >= 0.6 is 11.6 Å². The zero-order chi connectivity index (χ0) is 31.7. The van der Waals surface area contributed by atoms with Crippen molar-refractivity contribution in [2.24, 2.45) is 17.4 Å². The smallest absolute Gasteiger partial charge is 0.141 e. The molecule has 5 atom stereocenters. The van der Waals surface area contributed by atoms with Crippen molar-refractivity contribution in [3.8, 4) is 0 Å². The minimum Gasteiger partial charge on any atom is -0.386 e. The van der Waals surface area contributed by atoms with Crippen LogP contribution in [0.1, 0.15) is 65.2 Å². The summed E-state index contributed by atoms with van der Waals surface area (Å²) in [6, 6.07) is -0.218. The van der Waals surface area contributed by atoms with Gasteiger partial charge in [-0.25, -0.2) is 0 Å². The molecule has 0 radical (unpaired) electrons. The maximum Gasteiger partial charge on any atom is 0.141 e. The fraction of sp³-hybridized carbons (Fsp3) is 0.576. The van der Waals surface area contributed by atoms with Gasteiger partial charge in [-0.2, -0.15) is 0 Å². The second-order valence-electron chi connectivity index (χ2n) is 11.2. The van der Waals surface area contributed by atoms with E-state index in [1.54, 1.807) is 0 Å². The summed E-state index contributed by atoms with van der Waals surface area (Å²) in [6.45, 7) is 36.7. The lowest BCUT2D eigenvalue weighted by atomic mass is 9.92. The summed E-state index contributed by atoms with van der Waals surface area (Å²) in [5.41, 5.74) is 17.5. The summed E-state index contributed by atoms with van der Waals surface area (Å²) in [5.74, 6) is 0.201. The number of nitrogens with two attached hydrogens (primary N) is 2. The molecule has 5 unspecified atom stereocenters. The van der Waals surface area contributed by atoms with Crippen LogP contribution in [0.4, 0.5) is 0 Å². The lowest BCUT2D eigenvalue weighted by molar-refractivity contribution is 0.469. The highest BCUT2D eigenvalue weighted by atomic mass is 35.5. The Kier molecular flexibility index (Phi) is 17.9. The van der Waals surface area contributed by atoms with E-state index in [-0.39, 0.29) is 24.0 Å². The molecule has 1 heterocycles. The van der Waals surface area contributed by atoms with E-state index in [0.29, 0.717) is 31.8 Å². The first kappa shape index (κ1) is 37.2. The molecule has 238 valence electrons. The molecule has 0 spiro atoms. The van der Waals surface area contributed by atoms with E-state index >= 15 is 0 Å². The Bertz CT molecular complexity index is 942. The molecule has 1 aliphatic rings. The zero-order valence-electron chi connectivity index (χ0n) is 26.4. The number of rotatable bonds is 7. The topological polar surface area (TPSA) is 124 Å². The summed E-state index contributed by atoms with van der Waals surface area (Å²) in [4.78, 5) is 0. The maximum absolute atomic E-state index is 6.68. The molecular weight excluding hydrogens is 544 g/mol. The van der Waals surface area contributed by atoms with Crippen LogP contribution in [-0.2, 0) is 0 Å². The first-order valence-corrected chi connectivity index (χ1v) is 15.8. The quantitative estimate of drug-likeness (QED) is 0.121. The Morgan fingerprint density at radius 1 is 0.714 bits per heavy atom. The van der Waals surface area contributed by atoms with E-state index < -0.39 is 5.50 Å². The summed E-state index contributed by atoms with van der Waals surface area (Å²) in [7, 11) is 0. The van der Waals surface area contributed by atoms with Crippen molar-refractivity contribution in [3.05, 3.63) is 85.8 Å². The van der Waals surface area contributed by atoms with Crippen molar-refractivity contribution < 1.29 is 0 Å². The highest BCUT2D eigenvalue weighted by Gasteiger charge is 2.22. The Labute approximate surface area is 261 Å². The third-order valence-electron chi connectivity index (χ3n) is 7.55. The van der Waals surface area contributed by atoms with Gasteiger partial charge >= 0.3 is 0 Å². The summed E-state index contributed by atoms with van der Waals surface area (Å²) in [5, 5.41) is 20.8. The summed E-state index contributed by atoms with van der Waals surface area (Å²) < 4.78 is 0. The molecule has 0 amide bonds. The van der Waals surface area contributed by atoms with Gasteiger partial charge in [-0.05, 0) is 58.0 Å². The molecule has 10 N–H and O–H groups in total. The van der Waals surface area contributed by atoms with Gasteiger partial charge in [0.1, 0.15) is 5.50 Å². The molecule has 0 aromatic heterocycles.